The van der Waals surface area contributed by atoms with Crippen LogP contribution in [0.3, 0.4) is 0 Å². The summed E-state index contributed by atoms with van der Waals surface area (Å²) in [5.74, 6) is -1.67. The van der Waals surface area contributed by atoms with E-state index in [9.17, 15) is 14.4 Å². The van der Waals surface area contributed by atoms with Gasteiger partial charge in [0.15, 0.2) is 5.69 Å². The number of hydrogen-bond acceptors (Lipinski definition) is 3. The fraction of sp³-hybridized carbons (Fsp3) is 0.250. The van der Waals surface area contributed by atoms with E-state index in [4.69, 9.17) is 0 Å². The molecule has 0 unspecified atom stereocenters. The Morgan fingerprint density at radius 2 is 2.31 bits per heavy atom. The van der Waals surface area contributed by atoms with Crippen molar-refractivity contribution >= 4 is 5.97 Å². The topological polar surface area (TPSA) is 53.2 Å². The average Bonchev–Trinajstić information content (AvgIpc) is 2.10. The van der Waals surface area contributed by atoms with Gasteiger partial charge in [-0.1, -0.05) is 0 Å². The minimum atomic E-state index is -0.882. The van der Waals surface area contributed by atoms with E-state index in [1.54, 1.807) is 0 Å². The summed E-state index contributed by atoms with van der Waals surface area (Å²) >= 11 is 0. The maximum absolute atomic E-state index is 12.9. The standard InChI is InChI=1S/C8H8FNO3/c1-5-3-6(8(11)13-2)7(9)4-10(5)12/h3-4H,1-2H3. The lowest BCUT2D eigenvalue weighted by atomic mass is 10.2. The Balaban J connectivity index is 3.23. The zero-order chi connectivity index (χ0) is 10.0. The third-order valence-electron chi connectivity index (χ3n) is 1.59. The number of pyridine rings is 1. The van der Waals surface area contributed by atoms with Crippen molar-refractivity contribution in [1.82, 2.24) is 0 Å². The second-order valence-corrected chi connectivity index (χ2v) is 2.49. The lowest BCUT2D eigenvalue weighted by Crippen LogP contribution is -2.31. The number of carbonyl (C=O) groups excluding carboxylic acids is 1. The number of hydrogen-bond donors (Lipinski definition) is 0. The molecular formula is C8H8FNO3. The lowest BCUT2D eigenvalue weighted by Gasteiger charge is -2.03. The highest BCUT2D eigenvalue weighted by Gasteiger charge is 2.16. The van der Waals surface area contributed by atoms with Gasteiger partial charge in [0.05, 0.1) is 7.11 Å². The smallest absolute Gasteiger partial charge is 0.341 e. The summed E-state index contributed by atoms with van der Waals surface area (Å²) in [5.41, 5.74) is 0.00824. The van der Waals surface area contributed by atoms with Crippen LogP contribution in [0.4, 0.5) is 4.39 Å². The normalized spacial score (nSPS) is 9.77. The van der Waals surface area contributed by atoms with Crippen molar-refractivity contribution in [3.63, 3.8) is 0 Å². The number of aromatic nitrogens is 1. The number of nitrogens with zero attached hydrogens (tertiary/aromatic N) is 1. The van der Waals surface area contributed by atoms with Gasteiger partial charge in [0, 0.05) is 13.0 Å². The van der Waals surface area contributed by atoms with Gasteiger partial charge in [0.2, 0.25) is 12.0 Å². The van der Waals surface area contributed by atoms with Crippen LogP contribution in [0.15, 0.2) is 12.3 Å². The van der Waals surface area contributed by atoms with Gasteiger partial charge in [0.25, 0.3) is 0 Å². The third kappa shape index (κ3) is 1.74. The minimum absolute atomic E-state index is 0.230. The second-order valence-electron chi connectivity index (χ2n) is 2.49. The van der Waals surface area contributed by atoms with Gasteiger partial charge >= 0.3 is 5.97 Å². The molecule has 1 heterocycles. The van der Waals surface area contributed by atoms with E-state index in [-0.39, 0.29) is 11.3 Å². The van der Waals surface area contributed by atoms with Crippen molar-refractivity contribution in [2.75, 3.05) is 7.11 Å². The number of aryl methyl sites for hydroxylation is 1. The first-order valence-corrected chi connectivity index (χ1v) is 3.54. The maximum Gasteiger partial charge on any atom is 0.341 e. The highest BCUT2D eigenvalue weighted by Crippen LogP contribution is 2.07. The summed E-state index contributed by atoms with van der Waals surface area (Å²) in [5, 5.41) is 10.8. The molecule has 0 amide bonds. The average molecular weight is 185 g/mol. The first kappa shape index (κ1) is 9.44. The predicted octanol–water partition coefficient (Wildman–Crippen LogP) is 0.554. The second kappa shape index (κ2) is 3.38. The highest BCUT2D eigenvalue weighted by molar-refractivity contribution is 5.89. The zero-order valence-electron chi connectivity index (χ0n) is 7.20. The number of ether oxygens (including phenoxy) is 1. The number of methoxy groups -OCH3 is 1. The molecule has 13 heavy (non-hydrogen) atoms. The Kier molecular flexibility index (Phi) is 2.46. The zero-order valence-corrected chi connectivity index (χ0v) is 7.20. The van der Waals surface area contributed by atoms with Crippen molar-refractivity contribution in [3.05, 3.63) is 34.5 Å². The Morgan fingerprint density at radius 3 is 2.85 bits per heavy atom. The molecule has 0 aliphatic heterocycles. The van der Waals surface area contributed by atoms with Crippen molar-refractivity contribution in [3.8, 4) is 0 Å². The molecule has 1 aromatic heterocycles. The molecule has 0 aromatic carbocycles. The summed E-state index contributed by atoms with van der Waals surface area (Å²) in [6, 6.07) is 1.15. The first-order chi connectivity index (χ1) is 6.06. The van der Waals surface area contributed by atoms with Crippen LogP contribution in [0, 0.1) is 17.9 Å². The molecular weight excluding hydrogens is 177 g/mol. The van der Waals surface area contributed by atoms with Gasteiger partial charge in [-0.15, -0.1) is 0 Å². The van der Waals surface area contributed by atoms with E-state index < -0.39 is 11.8 Å². The summed E-state index contributed by atoms with van der Waals surface area (Å²) in [6.45, 7) is 1.47. The number of rotatable bonds is 1. The Morgan fingerprint density at radius 1 is 1.69 bits per heavy atom. The molecule has 5 heteroatoms. The van der Waals surface area contributed by atoms with Crippen molar-refractivity contribution in [2.24, 2.45) is 0 Å². The fourth-order valence-electron chi connectivity index (χ4n) is 0.882. The van der Waals surface area contributed by atoms with E-state index in [0.29, 0.717) is 10.9 Å². The Hall–Kier alpha value is -1.65. The summed E-state index contributed by atoms with van der Waals surface area (Å²) in [7, 11) is 1.15. The van der Waals surface area contributed by atoms with E-state index in [1.807, 2.05) is 0 Å². The number of esters is 1. The van der Waals surface area contributed by atoms with Crippen molar-refractivity contribution in [1.29, 1.82) is 0 Å². The molecule has 0 radical (unpaired) electrons. The molecule has 70 valence electrons. The van der Waals surface area contributed by atoms with Crippen LogP contribution in [0.2, 0.25) is 0 Å². The number of halogens is 1. The van der Waals surface area contributed by atoms with Crippen molar-refractivity contribution in [2.45, 2.75) is 6.92 Å². The first-order valence-electron chi connectivity index (χ1n) is 3.54. The van der Waals surface area contributed by atoms with E-state index in [2.05, 4.69) is 4.74 Å². The molecule has 1 aromatic rings. The highest BCUT2D eigenvalue weighted by atomic mass is 19.1. The van der Waals surface area contributed by atoms with Gasteiger partial charge in [-0.2, -0.15) is 9.12 Å². The largest absolute Gasteiger partial charge is 0.618 e. The molecule has 0 atom stereocenters. The van der Waals surface area contributed by atoms with Gasteiger partial charge in [0.1, 0.15) is 5.56 Å². The summed E-state index contributed by atoms with van der Waals surface area (Å²) in [6.07, 6.45) is 0.696. The van der Waals surface area contributed by atoms with Crippen LogP contribution in [0.25, 0.3) is 0 Å². The molecule has 0 saturated carbocycles. The van der Waals surface area contributed by atoms with Gasteiger partial charge < -0.3 is 9.94 Å². The van der Waals surface area contributed by atoms with Crippen LogP contribution in [-0.2, 0) is 4.74 Å². The van der Waals surface area contributed by atoms with E-state index in [1.165, 1.54) is 6.92 Å². The maximum atomic E-state index is 12.9. The lowest BCUT2D eigenvalue weighted by molar-refractivity contribution is -0.614. The predicted molar refractivity (Wildman–Crippen MR) is 41.4 cm³/mol. The van der Waals surface area contributed by atoms with Crippen LogP contribution in [0.5, 0.6) is 0 Å². The van der Waals surface area contributed by atoms with E-state index in [0.717, 1.165) is 13.2 Å². The van der Waals surface area contributed by atoms with Crippen LogP contribution >= 0.6 is 0 Å². The molecule has 0 bridgehead atoms. The molecule has 0 aliphatic rings. The summed E-state index contributed by atoms with van der Waals surface area (Å²) in [4.78, 5) is 10.9. The molecule has 4 nitrogen and oxygen atoms in total. The van der Waals surface area contributed by atoms with E-state index >= 15 is 0 Å². The fourth-order valence-corrected chi connectivity index (χ4v) is 0.882. The van der Waals surface area contributed by atoms with Gasteiger partial charge in [-0.25, -0.2) is 4.79 Å². The Labute approximate surface area is 74.1 Å². The molecule has 0 N–H and O–H groups in total. The van der Waals surface area contributed by atoms with Gasteiger partial charge in [-0.3, -0.25) is 0 Å². The van der Waals surface area contributed by atoms with Crippen LogP contribution in [0.1, 0.15) is 16.1 Å². The monoisotopic (exact) mass is 185 g/mol. The van der Waals surface area contributed by atoms with Crippen LogP contribution < -0.4 is 4.73 Å². The quantitative estimate of drug-likeness (QED) is 0.365. The molecule has 1 rings (SSSR count). The third-order valence-corrected chi connectivity index (χ3v) is 1.59. The molecule has 0 spiro atoms. The summed E-state index contributed by atoms with van der Waals surface area (Å²) < 4.78 is 17.6. The SMILES string of the molecule is COC(=O)c1cc(C)[n+]([O-])cc1F. The number of carbonyl (C=O) groups is 1. The molecule has 0 aliphatic carbocycles. The Bertz CT molecular complexity index is 351. The van der Waals surface area contributed by atoms with Gasteiger partial charge in [-0.05, 0) is 0 Å². The van der Waals surface area contributed by atoms with Crippen molar-refractivity contribution < 1.29 is 18.7 Å². The molecule has 0 fully saturated rings. The van der Waals surface area contributed by atoms with Crippen LogP contribution in [-0.4, -0.2) is 13.1 Å². The minimum Gasteiger partial charge on any atom is -0.618 e. The molecule has 0 saturated heterocycles.